The normalized spacial score (nSPS) is 10.3. The van der Waals surface area contributed by atoms with Gasteiger partial charge in [0, 0.05) is 12.6 Å². The third-order valence-electron chi connectivity index (χ3n) is 2.62. The molecule has 0 bridgehead atoms. The molecule has 1 heterocycles. The molecular formula is C15H18N4O. The molecule has 1 amide bonds. The van der Waals surface area contributed by atoms with Crippen LogP contribution in [0.5, 0.6) is 0 Å². The molecule has 0 radical (unpaired) electrons. The van der Waals surface area contributed by atoms with Crippen molar-refractivity contribution >= 4 is 11.7 Å². The van der Waals surface area contributed by atoms with Crippen molar-refractivity contribution in [3.05, 3.63) is 54.0 Å². The summed E-state index contributed by atoms with van der Waals surface area (Å²) in [6.07, 6.45) is 3.04. The number of hydrogen-bond acceptors (Lipinski definition) is 4. The first-order valence-corrected chi connectivity index (χ1v) is 6.56. The summed E-state index contributed by atoms with van der Waals surface area (Å²) >= 11 is 0. The second-order valence-corrected chi connectivity index (χ2v) is 4.75. The van der Waals surface area contributed by atoms with Gasteiger partial charge < -0.3 is 10.6 Å². The molecule has 2 aromatic rings. The molecule has 104 valence electrons. The Balaban J connectivity index is 1.93. The summed E-state index contributed by atoms with van der Waals surface area (Å²) in [7, 11) is 0. The second kappa shape index (κ2) is 6.65. The van der Waals surface area contributed by atoms with Crippen LogP contribution in [0.4, 0.5) is 5.82 Å². The van der Waals surface area contributed by atoms with E-state index >= 15 is 0 Å². The van der Waals surface area contributed by atoms with E-state index in [0.717, 1.165) is 5.56 Å². The Kier molecular flexibility index (Phi) is 4.65. The molecule has 1 aromatic heterocycles. The Morgan fingerprint density at radius 2 is 1.90 bits per heavy atom. The summed E-state index contributed by atoms with van der Waals surface area (Å²) in [5.74, 6) is 0.442. The van der Waals surface area contributed by atoms with Crippen LogP contribution in [0.25, 0.3) is 0 Å². The van der Waals surface area contributed by atoms with E-state index in [0.29, 0.717) is 18.1 Å². The number of anilines is 1. The first kappa shape index (κ1) is 14.0. The monoisotopic (exact) mass is 270 g/mol. The van der Waals surface area contributed by atoms with Gasteiger partial charge in [0.1, 0.15) is 11.5 Å². The molecule has 0 spiro atoms. The molecule has 0 aliphatic carbocycles. The maximum absolute atomic E-state index is 11.7. The number of hydrogen-bond donors (Lipinski definition) is 2. The van der Waals surface area contributed by atoms with E-state index in [1.807, 2.05) is 44.2 Å². The second-order valence-electron chi connectivity index (χ2n) is 4.75. The van der Waals surface area contributed by atoms with Crippen molar-refractivity contribution in [3.63, 3.8) is 0 Å². The third-order valence-corrected chi connectivity index (χ3v) is 2.62. The van der Waals surface area contributed by atoms with Gasteiger partial charge >= 0.3 is 0 Å². The number of aromatic nitrogens is 2. The fourth-order valence-electron chi connectivity index (χ4n) is 1.66. The molecule has 0 unspecified atom stereocenters. The van der Waals surface area contributed by atoms with Crippen LogP contribution in [0.15, 0.2) is 42.7 Å². The summed E-state index contributed by atoms with van der Waals surface area (Å²) in [6, 6.07) is 10.1. The van der Waals surface area contributed by atoms with Crippen molar-refractivity contribution in [2.45, 2.75) is 26.4 Å². The summed E-state index contributed by atoms with van der Waals surface area (Å²) in [4.78, 5) is 20.0. The molecule has 0 aliphatic rings. The average molecular weight is 270 g/mol. The van der Waals surface area contributed by atoms with Crippen LogP contribution in [0.3, 0.4) is 0 Å². The molecule has 2 rings (SSSR count). The number of nitrogens with one attached hydrogen (secondary N) is 2. The Morgan fingerprint density at radius 1 is 1.15 bits per heavy atom. The Morgan fingerprint density at radius 3 is 2.50 bits per heavy atom. The molecular weight excluding hydrogens is 252 g/mol. The van der Waals surface area contributed by atoms with Crippen molar-refractivity contribution in [3.8, 4) is 0 Å². The molecule has 20 heavy (non-hydrogen) atoms. The van der Waals surface area contributed by atoms with Crippen molar-refractivity contribution in [1.82, 2.24) is 15.3 Å². The van der Waals surface area contributed by atoms with Gasteiger partial charge in [-0.15, -0.1) is 0 Å². The molecule has 5 nitrogen and oxygen atoms in total. The van der Waals surface area contributed by atoms with Gasteiger partial charge in [0.15, 0.2) is 0 Å². The van der Waals surface area contributed by atoms with E-state index in [9.17, 15) is 4.79 Å². The lowest BCUT2D eigenvalue weighted by atomic mass is 10.2. The van der Waals surface area contributed by atoms with E-state index in [1.54, 1.807) is 6.20 Å². The van der Waals surface area contributed by atoms with Crippen LogP contribution in [0.2, 0.25) is 0 Å². The highest BCUT2D eigenvalue weighted by atomic mass is 16.1. The molecule has 0 saturated carbocycles. The van der Waals surface area contributed by atoms with E-state index in [4.69, 9.17) is 0 Å². The minimum Gasteiger partial charge on any atom is -0.365 e. The molecule has 0 aliphatic heterocycles. The standard InChI is InChI=1S/C15H18N4O/c1-11(2)19-15(20)13-9-18-14(10-16-13)17-8-12-6-4-3-5-7-12/h3-7,9-11H,8H2,1-2H3,(H,17,18)(H,19,20). The number of rotatable bonds is 5. The van der Waals surface area contributed by atoms with Crippen LogP contribution in [-0.4, -0.2) is 21.9 Å². The zero-order chi connectivity index (χ0) is 14.4. The lowest BCUT2D eigenvalue weighted by molar-refractivity contribution is 0.0937. The summed E-state index contributed by atoms with van der Waals surface area (Å²) in [5, 5.41) is 5.94. The highest BCUT2D eigenvalue weighted by molar-refractivity contribution is 5.92. The van der Waals surface area contributed by atoms with Crippen molar-refractivity contribution in [2.24, 2.45) is 0 Å². The SMILES string of the molecule is CC(C)NC(=O)c1cnc(NCc2ccccc2)cn1. The fraction of sp³-hybridized carbons (Fsp3) is 0.267. The van der Waals surface area contributed by atoms with Crippen LogP contribution < -0.4 is 10.6 Å². The van der Waals surface area contributed by atoms with Gasteiger partial charge in [-0.25, -0.2) is 9.97 Å². The van der Waals surface area contributed by atoms with E-state index in [2.05, 4.69) is 20.6 Å². The maximum atomic E-state index is 11.7. The lowest BCUT2D eigenvalue weighted by Gasteiger charge is -2.08. The quantitative estimate of drug-likeness (QED) is 0.874. The topological polar surface area (TPSA) is 66.9 Å². The van der Waals surface area contributed by atoms with Gasteiger partial charge in [0.2, 0.25) is 0 Å². The highest BCUT2D eigenvalue weighted by Crippen LogP contribution is 2.05. The number of nitrogens with zero attached hydrogens (tertiary/aromatic N) is 2. The van der Waals surface area contributed by atoms with E-state index in [1.165, 1.54) is 6.20 Å². The van der Waals surface area contributed by atoms with Crippen molar-refractivity contribution in [1.29, 1.82) is 0 Å². The summed E-state index contributed by atoms with van der Waals surface area (Å²) in [5.41, 5.74) is 1.49. The first-order valence-electron chi connectivity index (χ1n) is 6.56. The Bertz CT molecular complexity index is 552. The predicted octanol–water partition coefficient (Wildman–Crippen LogP) is 2.23. The van der Waals surface area contributed by atoms with Gasteiger partial charge in [-0.1, -0.05) is 30.3 Å². The van der Waals surface area contributed by atoms with Crippen molar-refractivity contribution < 1.29 is 4.79 Å². The molecule has 2 N–H and O–H groups in total. The fourth-order valence-corrected chi connectivity index (χ4v) is 1.66. The number of carbonyl (C=O) groups excluding carboxylic acids is 1. The smallest absolute Gasteiger partial charge is 0.271 e. The van der Waals surface area contributed by atoms with Gasteiger partial charge in [-0.2, -0.15) is 0 Å². The zero-order valence-corrected chi connectivity index (χ0v) is 11.6. The Labute approximate surface area is 118 Å². The first-order chi connectivity index (χ1) is 9.65. The average Bonchev–Trinajstić information content (AvgIpc) is 2.46. The predicted molar refractivity (Wildman–Crippen MR) is 78.4 cm³/mol. The minimum absolute atomic E-state index is 0.0835. The lowest BCUT2D eigenvalue weighted by Crippen LogP contribution is -2.30. The number of carbonyl (C=O) groups is 1. The molecule has 0 atom stereocenters. The van der Waals surface area contributed by atoms with Gasteiger partial charge in [-0.05, 0) is 19.4 Å². The van der Waals surface area contributed by atoms with E-state index < -0.39 is 0 Å². The van der Waals surface area contributed by atoms with Crippen LogP contribution in [0, 0.1) is 0 Å². The molecule has 0 fully saturated rings. The Hall–Kier alpha value is -2.43. The molecule has 5 heteroatoms. The number of benzene rings is 1. The van der Waals surface area contributed by atoms with Crippen LogP contribution in [-0.2, 0) is 6.54 Å². The minimum atomic E-state index is -0.206. The van der Waals surface area contributed by atoms with E-state index in [-0.39, 0.29) is 11.9 Å². The molecule has 1 aromatic carbocycles. The number of amides is 1. The van der Waals surface area contributed by atoms with Crippen molar-refractivity contribution in [2.75, 3.05) is 5.32 Å². The van der Waals surface area contributed by atoms with Gasteiger partial charge in [0.05, 0.1) is 12.4 Å². The largest absolute Gasteiger partial charge is 0.365 e. The van der Waals surface area contributed by atoms with Gasteiger partial charge in [-0.3, -0.25) is 4.79 Å². The summed E-state index contributed by atoms with van der Waals surface area (Å²) in [6.45, 7) is 4.48. The highest BCUT2D eigenvalue weighted by Gasteiger charge is 2.08. The third kappa shape index (κ3) is 4.05. The molecule has 0 saturated heterocycles. The van der Waals surface area contributed by atoms with Crippen LogP contribution >= 0.6 is 0 Å². The zero-order valence-electron chi connectivity index (χ0n) is 11.6. The maximum Gasteiger partial charge on any atom is 0.271 e. The van der Waals surface area contributed by atoms with Crippen LogP contribution in [0.1, 0.15) is 29.9 Å². The summed E-state index contributed by atoms with van der Waals surface area (Å²) < 4.78 is 0. The van der Waals surface area contributed by atoms with Gasteiger partial charge in [0.25, 0.3) is 5.91 Å².